The Morgan fingerprint density at radius 2 is 0.607 bits per heavy atom. The van der Waals surface area contributed by atoms with E-state index < -0.39 is 28.3 Å². The number of hydrogen-bond donors (Lipinski definition) is 0. The van der Waals surface area contributed by atoms with Crippen LogP contribution >= 0.6 is 28.3 Å². The fraction of sp³-hybridized carbons (Fsp3) is 0.867. The van der Waals surface area contributed by atoms with Gasteiger partial charge in [-0.05, 0) is 0 Å². The van der Waals surface area contributed by atoms with Crippen LogP contribution in [0.5, 0.6) is 0 Å². The van der Waals surface area contributed by atoms with Crippen LogP contribution in [0, 0.1) is 0 Å². The van der Waals surface area contributed by atoms with Crippen LogP contribution < -0.4 is 0 Å². The molecular weight excluding hydrogens is 770 g/mol. The average molecular weight is 870 g/mol. The summed E-state index contributed by atoms with van der Waals surface area (Å²) in [7, 11) is 8.64. The SMILES string of the molecule is C=CCP(CCCC)(CCCC)(CCN(C)C)OP(=O)(OP(CC=C)(CCCC)(CCCC)CCN(C)C)OP(CC=C)(CCCC)(CCCC)CCN(C)C. The van der Waals surface area contributed by atoms with Crippen LogP contribution in [0.4, 0.5) is 0 Å². The number of allylic oxidation sites excluding steroid dienone is 3. The number of rotatable bonds is 39. The Bertz CT molecular complexity index is 1000. The summed E-state index contributed by atoms with van der Waals surface area (Å²) in [6.45, 7) is 19.4. The molecule has 0 unspecified atom stereocenters. The second-order valence-electron chi connectivity index (χ2n) is 18.7. The quantitative estimate of drug-likeness (QED) is 0.0450. The van der Waals surface area contributed by atoms with Crippen molar-refractivity contribution in [3.05, 3.63) is 38.0 Å². The third-order valence-corrected chi connectivity index (χ3v) is 36.7. The van der Waals surface area contributed by atoms with Crippen molar-refractivity contribution in [2.45, 2.75) is 119 Å². The first-order valence-corrected chi connectivity index (χ1v) is 33.0. The van der Waals surface area contributed by atoms with Gasteiger partial charge in [0.2, 0.25) is 0 Å². The Labute approximate surface area is 351 Å². The van der Waals surface area contributed by atoms with E-state index in [-0.39, 0.29) is 0 Å². The summed E-state index contributed by atoms with van der Waals surface area (Å²) < 4.78 is 41.8. The standard InChI is InChI=1S/C45H99N3O4P4/c1-16-25-37-54(34-22-7,38-26-17-2,43-31-46(10)11)50-53(49,51-55(35-23-8,39-27-18-3,40-28-19-4)44-32-47(12)13)52-56(36-24-9,41-29-20-5,42-30-21-6)45-33-48(14)15/h22-24H,7-9,16-21,25-45H2,1-6,10-15H3. The number of phosphoric acid groups is 1. The number of nitrogens with zero attached hydrogens (tertiary/aromatic N) is 3. The molecule has 0 radical (unpaired) electrons. The molecule has 0 aliphatic rings. The monoisotopic (exact) mass is 870 g/mol. The fourth-order valence-corrected chi connectivity index (χ4v) is 35.6. The molecule has 0 spiro atoms. The van der Waals surface area contributed by atoms with E-state index in [4.69, 9.17) is 12.9 Å². The van der Waals surface area contributed by atoms with Crippen LogP contribution in [-0.2, 0) is 17.5 Å². The predicted octanol–water partition coefficient (Wildman–Crippen LogP) is 13.6. The van der Waals surface area contributed by atoms with Crippen molar-refractivity contribution in [1.82, 2.24) is 14.7 Å². The van der Waals surface area contributed by atoms with Crippen LogP contribution in [0.25, 0.3) is 0 Å². The molecule has 7 nitrogen and oxygen atoms in total. The van der Waals surface area contributed by atoms with Gasteiger partial charge in [-0.25, -0.2) is 0 Å². The van der Waals surface area contributed by atoms with Crippen molar-refractivity contribution >= 4 is 28.3 Å². The van der Waals surface area contributed by atoms with Gasteiger partial charge in [0.15, 0.2) is 0 Å². The van der Waals surface area contributed by atoms with Crippen molar-refractivity contribution in [2.24, 2.45) is 0 Å². The molecule has 0 bridgehead atoms. The summed E-state index contributed by atoms with van der Waals surface area (Å²) in [4.78, 5) is 6.85. The molecule has 0 fully saturated rings. The first-order chi connectivity index (χ1) is 26.4. The first kappa shape index (κ1) is 56.5. The molecular formula is C45H99N3O4P4. The van der Waals surface area contributed by atoms with Crippen molar-refractivity contribution in [1.29, 1.82) is 0 Å². The number of hydrogen-bond acceptors (Lipinski definition) is 7. The van der Waals surface area contributed by atoms with Gasteiger partial charge in [-0.1, -0.05) is 0 Å². The molecule has 56 heavy (non-hydrogen) atoms. The minimum atomic E-state index is -4.32. The summed E-state index contributed by atoms with van der Waals surface area (Å²) >= 11 is 0. The van der Waals surface area contributed by atoms with Gasteiger partial charge >= 0.3 is 353 Å². The van der Waals surface area contributed by atoms with Crippen molar-refractivity contribution in [3.63, 3.8) is 0 Å². The second-order valence-corrected chi connectivity index (χ2v) is 37.8. The van der Waals surface area contributed by atoms with E-state index in [0.717, 1.165) is 171 Å². The Hall–Kier alpha value is 0.500. The molecule has 0 rings (SSSR count). The molecule has 0 heterocycles. The van der Waals surface area contributed by atoms with Crippen LogP contribution in [0.2, 0.25) is 0 Å². The molecule has 11 heteroatoms. The zero-order valence-electron chi connectivity index (χ0n) is 39.7. The molecule has 0 aromatic carbocycles. The Kier molecular flexibility index (Phi) is 27.0. The van der Waals surface area contributed by atoms with Crippen LogP contribution in [0.3, 0.4) is 0 Å². The molecule has 0 aromatic rings. The third-order valence-electron chi connectivity index (χ3n) is 12.6. The Balaban J connectivity index is 9.03. The van der Waals surface area contributed by atoms with Gasteiger partial charge in [0, 0.05) is 0 Å². The minimum absolute atomic E-state index is 0.730. The summed E-state index contributed by atoms with van der Waals surface area (Å²) in [5.41, 5.74) is 0. The second kappa shape index (κ2) is 26.8. The summed E-state index contributed by atoms with van der Waals surface area (Å²) in [5, 5.41) is 0. The van der Waals surface area contributed by atoms with Crippen molar-refractivity contribution in [3.8, 4) is 0 Å². The summed E-state index contributed by atoms with van der Waals surface area (Å²) in [5.74, 6) is 0. The molecule has 0 saturated heterocycles. The molecule has 0 aliphatic carbocycles. The molecule has 0 saturated carbocycles. The maximum atomic E-state index is 17.5. The van der Waals surface area contributed by atoms with Crippen LogP contribution in [0.15, 0.2) is 38.0 Å². The predicted molar refractivity (Wildman–Crippen MR) is 266 cm³/mol. The van der Waals surface area contributed by atoms with Gasteiger partial charge in [0.05, 0.1) is 0 Å². The van der Waals surface area contributed by atoms with E-state index >= 15 is 4.57 Å². The van der Waals surface area contributed by atoms with E-state index in [2.05, 4.69) is 136 Å². The zero-order chi connectivity index (χ0) is 42.9. The average Bonchev–Trinajstić information content (AvgIpc) is 3.14. The third kappa shape index (κ3) is 17.8. The Morgan fingerprint density at radius 1 is 0.411 bits per heavy atom. The molecule has 338 valence electrons. The van der Waals surface area contributed by atoms with E-state index in [1.165, 1.54) is 0 Å². The van der Waals surface area contributed by atoms with E-state index in [1.54, 1.807) is 0 Å². The number of unbranched alkanes of at least 4 members (excludes halogenated alkanes) is 6. The van der Waals surface area contributed by atoms with E-state index in [9.17, 15) is 0 Å². The van der Waals surface area contributed by atoms with E-state index in [1.807, 2.05) is 0 Å². The molecule has 0 aromatic heterocycles. The van der Waals surface area contributed by atoms with Gasteiger partial charge in [-0.3, -0.25) is 0 Å². The van der Waals surface area contributed by atoms with Crippen LogP contribution in [-0.4, -0.2) is 151 Å². The van der Waals surface area contributed by atoms with Crippen molar-refractivity contribution in [2.75, 3.05) is 136 Å². The van der Waals surface area contributed by atoms with Gasteiger partial charge in [0.25, 0.3) is 0 Å². The van der Waals surface area contributed by atoms with E-state index in [0.29, 0.717) is 0 Å². The summed E-state index contributed by atoms with van der Waals surface area (Å²) in [6, 6.07) is 0. The molecule has 0 N–H and O–H groups in total. The zero-order valence-corrected chi connectivity index (χ0v) is 43.3. The van der Waals surface area contributed by atoms with Crippen molar-refractivity contribution < 1.29 is 17.5 Å². The fourth-order valence-electron chi connectivity index (χ4n) is 8.88. The van der Waals surface area contributed by atoms with Crippen LogP contribution in [0.1, 0.15) is 119 Å². The topological polar surface area (TPSA) is 54.5 Å². The van der Waals surface area contributed by atoms with Gasteiger partial charge in [-0.2, -0.15) is 0 Å². The van der Waals surface area contributed by atoms with Gasteiger partial charge in [-0.15, -0.1) is 0 Å². The molecule has 0 atom stereocenters. The maximum absolute atomic E-state index is 17.5. The van der Waals surface area contributed by atoms with Gasteiger partial charge < -0.3 is 0 Å². The first-order valence-electron chi connectivity index (χ1n) is 22.9. The normalized spacial score (nSPS) is 16.2. The molecule has 0 aliphatic heterocycles. The van der Waals surface area contributed by atoms with Gasteiger partial charge in [0.1, 0.15) is 0 Å². The Morgan fingerprint density at radius 3 is 0.750 bits per heavy atom. The molecule has 0 amide bonds. The summed E-state index contributed by atoms with van der Waals surface area (Å²) in [6.07, 6.45) is 29.0.